The van der Waals surface area contributed by atoms with E-state index in [0.717, 1.165) is 5.92 Å². The number of allylic oxidation sites excluding steroid dienone is 6. The molecule has 1 atom stereocenters. The molecule has 1 aliphatic carbocycles. The Morgan fingerprint density at radius 1 is 1.33 bits per heavy atom. The molecule has 1 aliphatic rings. The van der Waals surface area contributed by atoms with Gasteiger partial charge in [-0.2, -0.15) is 0 Å². The maximum Gasteiger partial charge on any atom is -0.0221 e. The molecule has 0 fully saturated rings. The Kier molecular flexibility index (Phi) is 6.15. The van der Waals surface area contributed by atoms with E-state index in [9.17, 15) is 0 Å². The lowest BCUT2D eigenvalue weighted by atomic mass is 9.95. The SMILES string of the molecule is C/C=C/CCCCCC1=CC(C)CC=C1. The molecule has 84 valence electrons. The molecule has 0 bridgehead atoms. The van der Waals surface area contributed by atoms with Crippen molar-refractivity contribution in [3.8, 4) is 0 Å². The molecule has 1 unspecified atom stereocenters. The smallest absolute Gasteiger partial charge is 0.0221 e. The summed E-state index contributed by atoms with van der Waals surface area (Å²) in [6.07, 6.45) is 19.3. The quantitative estimate of drug-likeness (QED) is 0.420. The van der Waals surface area contributed by atoms with Gasteiger partial charge >= 0.3 is 0 Å². The highest BCUT2D eigenvalue weighted by Gasteiger charge is 2.03. The van der Waals surface area contributed by atoms with E-state index < -0.39 is 0 Å². The van der Waals surface area contributed by atoms with Crippen molar-refractivity contribution in [2.75, 3.05) is 0 Å². The van der Waals surface area contributed by atoms with Crippen LogP contribution in [0.25, 0.3) is 0 Å². The highest BCUT2D eigenvalue weighted by molar-refractivity contribution is 5.23. The number of rotatable bonds is 6. The molecule has 0 heterocycles. The molecule has 15 heavy (non-hydrogen) atoms. The monoisotopic (exact) mass is 204 g/mol. The number of hydrogen-bond acceptors (Lipinski definition) is 0. The molecule has 0 aromatic heterocycles. The van der Waals surface area contributed by atoms with Gasteiger partial charge in [0.15, 0.2) is 0 Å². The molecule has 0 amide bonds. The zero-order valence-corrected chi connectivity index (χ0v) is 10.2. The zero-order valence-electron chi connectivity index (χ0n) is 10.2. The van der Waals surface area contributed by atoms with Gasteiger partial charge in [0.2, 0.25) is 0 Å². The van der Waals surface area contributed by atoms with E-state index >= 15 is 0 Å². The fourth-order valence-electron chi connectivity index (χ4n) is 2.02. The van der Waals surface area contributed by atoms with E-state index in [1.165, 1.54) is 38.5 Å². The number of unbranched alkanes of at least 4 members (excludes halogenated alkanes) is 3. The minimum atomic E-state index is 0.757. The second-order valence-corrected chi connectivity index (χ2v) is 4.53. The van der Waals surface area contributed by atoms with Crippen LogP contribution in [0.15, 0.2) is 36.0 Å². The van der Waals surface area contributed by atoms with Gasteiger partial charge in [0.05, 0.1) is 0 Å². The third kappa shape index (κ3) is 5.61. The van der Waals surface area contributed by atoms with Gasteiger partial charge in [0.1, 0.15) is 0 Å². The minimum Gasteiger partial charge on any atom is -0.0917 e. The van der Waals surface area contributed by atoms with Gasteiger partial charge in [-0.05, 0) is 44.9 Å². The topological polar surface area (TPSA) is 0 Å². The summed E-state index contributed by atoms with van der Waals surface area (Å²) in [6, 6.07) is 0. The van der Waals surface area contributed by atoms with Gasteiger partial charge < -0.3 is 0 Å². The summed E-state index contributed by atoms with van der Waals surface area (Å²) in [5, 5.41) is 0. The van der Waals surface area contributed by atoms with Crippen LogP contribution in [0.5, 0.6) is 0 Å². The number of hydrogen-bond donors (Lipinski definition) is 0. The van der Waals surface area contributed by atoms with Crippen LogP contribution >= 0.6 is 0 Å². The van der Waals surface area contributed by atoms with E-state index in [-0.39, 0.29) is 0 Å². The highest BCUT2D eigenvalue weighted by atomic mass is 14.1. The first-order chi connectivity index (χ1) is 7.33. The Bertz CT molecular complexity index is 243. The van der Waals surface area contributed by atoms with Crippen molar-refractivity contribution in [3.63, 3.8) is 0 Å². The lowest BCUT2D eigenvalue weighted by molar-refractivity contribution is 0.670. The molecule has 0 spiro atoms. The van der Waals surface area contributed by atoms with Gasteiger partial charge in [-0.1, -0.05) is 49.3 Å². The molecule has 0 aliphatic heterocycles. The fourth-order valence-corrected chi connectivity index (χ4v) is 2.02. The molecular weight excluding hydrogens is 180 g/mol. The Morgan fingerprint density at radius 2 is 2.20 bits per heavy atom. The van der Waals surface area contributed by atoms with Crippen LogP contribution in [-0.2, 0) is 0 Å². The standard InChI is InChI=1S/C15H24/c1-3-4-5-6-7-8-11-15-12-9-10-14(2)13-15/h3-4,9,12-14H,5-8,10-11H2,1-2H3/b4-3+. The predicted octanol–water partition coefficient (Wildman–Crippen LogP) is 5.04. The normalized spacial score (nSPS) is 20.9. The maximum atomic E-state index is 2.44. The van der Waals surface area contributed by atoms with Crippen LogP contribution in [0.4, 0.5) is 0 Å². The molecule has 0 heteroatoms. The summed E-state index contributed by atoms with van der Waals surface area (Å²) in [5.74, 6) is 0.757. The summed E-state index contributed by atoms with van der Waals surface area (Å²) >= 11 is 0. The minimum absolute atomic E-state index is 0.757. The van der Waals surface area contributed by atoms with Crippen molar-refractivity contribution in [2.24, 2.45) is 5.92 Å². The van der Waals surface area contributed by atoms with Crippen LogP contribution in [0.1, 0.15) is 52.4 Å². The fraction of sp³-hybridized carbons (Fsp3) is 0.600. The summed E-state index contributed by atoms with van der Waals surface area (Å²) in [6.45, 7) is 4.40. The van der Waals surface area contributed by atoms with Crippen LogP contribution in [-0.4, -0.2) is 0 Å². The predicted molar refractivity (Wildman–Crippen MR) is 68.9 cm³/mol. The summed E-state index contributed by atoms with van der Waals surface area (Å²) in [4.78, 5) is 0. The molecule has 0 radical (unpaired) electrons. The Hall–Kier alpha value is -0.780. The highest BCUT2D eigenvalue weighted by Crippen LogP contribution is 2.20. The lowest BCUT2D eigenvalue weighted by Gasteiger charge is -2.11. The van der Waals surface area contributed by atoms with Crippen molar-refractivity contribution in [1.82, 2.24) is 0 Å². The summed E-state index contributed by atoms with van der Waals surface area (Å²) in [5.41, 5.74) is 1.56. The second kappa shape index (κ2) is 7.50. The van der Waals surface area contributed by atoms with Crippen LogP contribution in [0.3, 0.4) is 0 Å². The van der Waals surface area contributed by atoms with Gasteiger partial charge in [-0.25, -0.2) is 0 Å². The van der Waals surface area contributed by atoms with Crippen molar-refractivity contribution in [3.05, 3.63) is 36.0 Å². The van der Waals surface area contributed by atoms with E-state index in [2.05, 4.69) is 44.2 Å². The average Bonchev–Trinajstić information content (AvgIpc) is 2.23. The van der Waals surface area contributed by atoms with Gasteiger partial charge in [0.25, 0.3) is 0 Å². The van der Waals surface area contributed by atoms with Crippen molar-refractivity contribution >= 4 is 0 Å². The largest absolute Gasteiger partial charge is 0.0917 e. The Morgan fingerprint density at radius 3 is 2.93 bits per heavy atom. The molecule has 1 rings (SSSR count). The zero-order chi connectivity index (χ0) is 10.9. The third-order valence-electron chi connectivity index (χ3n) is 2.91. The van der Waals surface area contributed by atoms with E-state index in [1.807, 2.05) is 0 Å². The van der Waals surface area contributed by atoms with Gasteiger partial charge in [0, 0.05) is 0 Å². The molecule has 0 aromatic carbocycles. The Labute approximate surface area is 94.8 Å². The van der Waals surface area contributed by atoms with Gasteiger partial charge in [-0.3, -0.25) is 0 Å². The van der Waals surface area contributed by atoms with Crippen LogP contribution in [0.2, 0.25) is 0 Å². The maximum absolute atomic E-state index is 2.44. The van der Waals surface area contributed by atoms with E-state index in [1.54, 1.807) is 5.57 Å². The van der Waals surface area contributed by atoms with E-state index in [4.69, 9.17) is 0 Å². The molecule has 0 aromatic rings. The molecule has 0 saturated carbocycles. The molecule has 0 saturated heterocycles. The van der Waals surface area contributed by atoms with Crippen LogP contribution in [0, 0.1) is 5.92 Å². The first kappa shape index (κ1) is 12.3. The second-order valence-electron chi connectivity index (χ2n) is 4.53. The van der Waals surface area contributed by atoms with Crippen molar-refractivity contribution in [2.45, 2.75) is 52.4 Å². The van der Waals surface area contributed by atoms with Crippen molar-refractivity contribution < 1.29 is 0 Å². The first-order valence-electron chi connectivity index (χ1n) is 6.31. The molecule has 0 N–H and O–H groups in total. The van der Waals surface area contributed by atoms with Crippen molar-refractivity contribution in [1.29, 1.82) is 0 Å². The summed E-state index contributed by atoms with van der Waals surface area (Å²) < 4.78 is 0. The lowest BCUT2D eigenvalue weighted by Crippen LogP contribution is -1.95. The third-order valence-corrected chi connectivity index (χ3v) is 2.91. The molecule has 0 nitrogen and oxygen atoms in total. The Balaban J connectivity index is 2.07. The molecular formula is C15H24. The summed E-state index contributed by atoms with van der Waals surface area (Å²) in [7, 11) is 0. The first-order valence-corrected chi connectivity index (χ1v) is 6.31. The van der Waals surface area contributed by atoms with Crippen LogP contribution < -0.4 is 0 Å². The van der Waals surface area contributed by atoms with Gasteiger partial charge in [-0.15, -0.1) is 0 Å². The van der Waals surface area contributed by atoms with E-state index in [0.29, 0.717) is 0 Å². The average molecular weight is 204 g/mol.